The Balaban J connectivity index is 2.20. The Hall–Kier alpha value is -1.30. The predicted octanol–water partition coefficient (Wildman–Crippen LogP) is 2.93. The first-order chi connectivity index (χ1) is 8.60. The van der Waals surface area contributed by atoms with E-state index >= 15 is 0 Å². The number of nitrogens with two attached hydrogens (primary N) is 1. The van der Waals surface area contributed by atoms with Crippen molar-refractivity contribution in [3.63, 3.8) is 0 Å². The molecule has 2 aromatic rings. The maximum atomic E-state index is 6.09. The fourth-order valence-corrected chi connectivity index (χ4v) is 1.82. The molecule has 0 saturated heterocycles. The van der Waals surface area contributed by atoms with Gasteiger partial charge in [-0.15, -0.1) is 5.10 Å². The summed E-state index contributed by atoms with van der Waals surface area (Å²) < 4.78 is 5.34. The summed E-state index contributed by atoms with van der Waals surface area (Å²) in [5, 5.41) is 11.7. The summed E-state index contributed by atoms with van der Waals surface area (Å²) in [7, 11) is 0. The first kappa shape index (κ1) is 13.1. The maximum absolute atomic E-state index is 6.09. The van der Waals surface area contributed by atoms with Gasteiger partial charge in [0.15, 0.2) is 0 Å². The number of aryl methyl sites for hydroxylation is 1. The smallest absolute Gasteiger partial charge is 0.320 e. The molecule has 0 fully saturated rings. The molecule has 0 aliphatic rings. The van der Waals surface area contributed by atoms with Gasteiger partial charge in [0.05, 0.1) is 10.7 Å². The van der Waals surface area contributed by atoms with Crippen LogP contribution in [0.1, 0.15) is 11.5 Å². The minimum atomic E-state index is 0.264. The predicted molar refractivity (Wildman–Crippen MR) is 71.5 cm³/mol. The highest BCUT2D eigenvalue weighted by Crippen LogP contribution is 2.30. The largest absolute Gasteiger partial charge is 0.408 e. The summed E-state index contributed by atoms with van der Waals surface area (Å²) >= 11 is 12.1. The van der Waals surface area contributed by atoms with Crippen LogP contribution < -0.4 is 11.1 Å². The van der Waals surface area contributed by atoms with Crippen LogP contribution in [-0.2, 0) is 6.42 Å². The summed E-state index contributed by atoms with van der Waals surface area (Å²) in [6.45, 7) is 2.34. The molecule has 96 valence electrons. The molecule has 0 amide bonds. The monoisotopic (exact) mass is 286 g/mol. The number of nitrogens with one attached hydrogen (secondary N) is 1. The van der Waals surface area contributed by atoms with Crippen LogP contribution in [0.15, 0.2) is 16.5 Å². The molecule has 18 heavy (non-hydrogen) atoms. The van der Waals surface area contributed by atoms with Crippen molar-refractivity contribution in [2.75, 3.05) is 11.9 Å². The average Bonchev–Trinajstić information content (AvgIpc) is 2.74. The van der Waals surface area contributed by atoms with Crippen LogP contribution in [0.5, 0.6) is 0 Å². The Bertz CT molecular complexity index is 556. The lowest BCUT2D eigenvalue weighted by Gasteiger charge is -2.06. The van der Waals surface area contributed by atoms with Gasteiger partial charge in [0, 0.05) is 18.0 Å². The quantitative estimate of drug-likeness (QED) is 0.904. The molecule has 0 aliphatic carbocycles. The van der Waals surface area contributed by atoms with E-state index in [4.69, 9.17) is 33.4 Å². The van der Waals surface area contributed by atoms with Crippen LogP contribution in [0, 0.1) is 6.92 Å². The van der Waals surface area contributed by atoms with Gasteiger partial charge in [0.1, 0.15) is 0 Å². The molecule has 5 nitrogen and oxygen atoms in total. The summed E-state index contributed by atoms with van der Waals surface area (Å²) in [5.41, 5.74) is 6.92. The zero-order chi connectivity index (χ0) is 13.1. The highest BCUT2D eigenvalue weighted by atomic mass is 35.5. The van der Waals surface area contributed by atoms with E-state index in [1.54, 1.807) is 12.1 Å². The number of aromatic nitrogens is 2. The molecule has 3 N–H and O–H groups in total. The van der Waals surface area contributed by atoms with E-state index < -0.39 is 0 Å². The number of rotatable bonds is 4. The maximum Gasteiger partial charge on any atom is 0.320 e. The van der Waals surface area contributed by atoms with Crippen molar-refractivity contribution >= 4 is 34.9 Å². The minimum absolute atomic E-state index is 0.264. The Kier molecular flexibility index (Phi) is 4.06. The van der Waals surface area contributed by atoms with Crippen LogP contribution >= 0.6 is 23.2 Å². The van der Waals surface area contributed by atoms with Crippen molar-refractivity contribution in [1.29, 1.82) is 0 Å². The Morgan fingerprint density at radius 1 is 1.28 bits per heavy atom. The number of hydrogen-bond acceptors (Lipinski definition) is 5. The molecular formula is C11H12Cl2N4O. The molecule has 1 heterocycles. The SMILES string of the molecule is Cc1cc(Cl)c(Nc2nnc(CCN)o2)cc1Cl. The normalized spacial score (nSPS) is 10.7. The first-order valence-electron chi connectivity index (χ1n) is 5.35. The summed E-state index contributed by atoms with van der Waals surface area (Å²) in [6.07, 6.45) is 0.539. The molecule has 1 aromatic heterocycles. The van der Waals surface area contributed by atoms with Crippen molar-refractivity contribution in [1.82, 2.24) is 10.2 Å². The Labute approximate surface area is 114 Å². The van der Waals surface area contributed by atoms with Gasteiger partial charge in [0.25, 0.3) is 0 Å². The molecule has 0 saturated carbocycles. The highest BCUT2D eigenvalue weighted by Gasteiger charge is 2.09. The van der Waals surface area contributed by atoms with Gasteiger partial charge in [-0.05, 0) is 24.6 Å². The number of halogens is 2. The van der Waals surface area contributed by atoms with Gasteiger partial charge in [-0.1, -0.05) is 28.3 Å². The van der Waals surface area contributed by atoms with E-state index in [1.807, 2.05) is 6.92 Å². The first-order valence-corrected chi connectivity index (χ1v) is 6.11. The second kappa shape index (κ2) is 5.56. The third-order valence-corrected chi connectivity index (χ3v) is 3.03. The van der Waals surface area contributed by atoms with Gasteiger partial charge in [-0.2, -0.15) is 0 Å². The third kappa shape index (κ3) is 2.93. The second-order valence-electron chi connectivity index (χ2n) is 3.75. The third-order valence-electron chi connectivity index (χ3n) is 2.31. The zero-order valence-electron chi connectivity index (χ0n) is 9.70. The van der Waals surface area contributed by atoms with Crippen LogP contribution in [0.25, 0.3) is 0 Å². The van der Waals surface area contributed by atoms with Crippen molar-refractivity contribution in [2.45, 2.75) is 13.3 Å². The van der Waals surface area contributed by atoms with E-state index in [0.29, 0.717) is 34.6 Å². The van der Waals surface area contributed by atoms with Crippen molar-refractivity contribution in [3.8, 4) is 0 Å². The topological polar surface area (TPSA) is 77.0 Å². The lowest BCUT2D eigenvalue weighted by Crippen LogP contribution is -2.02. The number of hydrogen-bond donors (Lipinski definition) is 2. The van der Waals surface area contributed by atoms with Gasteiger partial charge in [0.2, 0.25) is 5.89 Å². The van der Waals surface area contributed by atoms with Gasteiger partial charge >= 0.3 is 6.01 Å². The van der Waals surface area contributed by atoms with Gasteiger partial charge in [-0.25, -0.2) is 0 Å². The fraction of sp³-hybridized carbons (Fsp3) is 0.273. The molecule has 0 bridgehead atoms. The van der Waals surface area contributed by atoms with E-state index in [1.165, 1.54) is 0 Å². The lowest BCUT2D eigenvalue weighted by molar-refractivity contribution is 0.510. The average molecular weight is 287 g/mol. The number of anilines is 2. The van der Waals surface area contributed by atoms with Crippen LogP contribution in [-0.4, -0.2) is 16.7 Å². The molecule has 0 atom stereocenters. The van der Waals surface area contributed by atoms with Crippen molar-refractivity contribution in [2.24, 2.45) is 5.73 Å². The van der Waals surface area contributed by atoms with Gasteiger partial charge < -0.3 is 15.5 Å². The molecule has 7 heteroatoms. The van der Waals surface area contributed by atoms with E-state index in [0.717, 1.165) is 5.56 Å². The van der Waals surface area contributed by atoms with Crippen molar-refractivity contribution in [3.05, 3.63) is 33.6 Å². The minimum Gasteiger partial charge on any atom is -0.408 e. The van der Waals surface area contributed by atoms with Crippen LogP contribution in [0.3, 0.4) is 0 Å². The molecule has 0 aliphatic heterocycles. The Morgan fingerprint density at radius 3 is 2.78 bits per heavy atom. The highest BCUT2D eigenvalue weighted by molar-refractivity contribution is 6.35. The van der Waals surface area contributed by atoms with E-state index in [2.05, 4.69) is 15.5 Å². The number of benzene rings is 1. The molecule has 0 radical (unpaired) electrons. The van der Waals surface area contributed by atoms with Crippen LogP contribution in [0.4, 0.5) is 11.7 Å². The van der Waals surface area contributed by atoms with E-state index in [-0.39, 0.29) is 6.01 Å². The van der Waals surface area contributed by atoms with E-state index in [9.17, 15) is 0 Å². The summed E-state index contributed by atoms with van der Waals surface area (Å²) in [6, 6.07) is 3.75. The van der Waals surface area contributed by atoms with Gasteiger partial charge in [-0.3, -0.25) is 0 Å². The molecule has 0 spiro atoms. The molecular weight excluding hydrogens is 275 g/mol. The molecule has 2 rings (SSSR count). The summed E-state index contributed by atoms with van der Waals surface area (Å²) in [4.78, 5) is 0. The van der Waals surface area contributed by atoms with Crippen molar-refractivity contribution < 1.29 is 4.42 Å². The fourth-order valence-electron chi connectivity index (χ4n) is 1.39. The molecule has 0 unspecified atom stereocenters. The second-order valence-corrected chi connectivity index (χ2v) is 4.56. The zero-order valence-corrected chi connectivity index (χ0v) is 11.2. The number of nitrogens with zero attached hydrogens (tertiary/aromatic N) is 2. The summed E-state index contributed by atoms with van der Waals surface area (Å²) in [5.74, 6) is 0.481. The van der Waals surface area contributed by atoms with Crippen LogP contribution in [0.2, 0.25) is 10.0 Å². The Morgan fingerprint density at radius 2 is 2.06 bits per heavy atom. The molecule has 1 aromatic carbocycles. The standard InChI is InChI=1S/C11H12Cl2N4O/c1-6-4-8(13)9(5-7(6)12)15-11-17-16-10(18-11)2-3-14/h4-5H,2-3,14H2,1H3,(H,15,17). The lowest BCUT2D eigenvalue weighted by atomic mass is 10.2.